The van der Waals surface area contributed by atoms with E-state index < -0.39 is 5.69 Å². The number of anilines is 1. The zero-order valence-corrected chi connectivity index (χ0v) is 11.6. The summed E-state index contributed by atoms with van der Waals surface area (Å²) in [7, 11) is 0. The standard InChI is InChI=1S/C13H16N6O/c1-13(2,3)10-11(16-12(20)19-17-10)18-15-8-9-4-6-14-7-5-9/h4-8H,1-3H3,(H2,16,18,19,20)/b15-8+. The molecule has 104 valence electrons. The highest BCUT2D eigenvalue weighted by Crippen LogP contribution is 2.24. The van der Waals surface area contributed by atoms with E-state index in [2.05, 4.69) is 30.7 Å². The molecule has 7 nitrogen and oxygen atoms in total. The molecule has 0 unspecified atom stereocenters. The molecule has 7 heteroatoms. The number of H-pyrrole nitrogens is 1. The van der Waals surface area contributed by atoms with Crippen molar-refractivity contribution in [3.05, 3.63) is 46.3 Å². The van der Waals surface area contributed by atoms with Gasteiger partial charge in [0.25, 0.3) is 0 Å². The molecule has 0 aliphatic rings. The molecule has 2 rings (SSSR count). The Morgan fingerprint density at radius 1 is 1.30 bits per heavy atom. The molecule has 0 atom stereocenters. The van der Waals surface area contributed by atoms with Crippen molar-refractivity contribution in [1.82, 2.24) is 20.2 Å². The molecule has 0 saturated carbocycles. The van der Waals surface area contributed by atoms with Crippen molar-refractivity contribution in [2.75, 3.05) is 5.43 Å². The van der Waals surface area contributed by atoms with Crippen LogP contribution in [0.5, 0.6) is 0 Å². The first-order valence-corrected chi connectivity index (χ1v) is 6.13. The summed E-state index contributed by atoms with van der Waals surface area (Å²) in [5.41, 5.74) is 3.53. The van der Waals surface area contributed by atoms with Crippen LogP contribution < -0.4 is 11.1 Å². The van der Waals surface area contributed by atoms with E-state index >= 15 is 0 Å². The molecule has 2 aromatic heterocycles. The van der Waals surface area contributed by atoms with Crippen molar-refractivity contribution in [2.45, 2.75) is 26.2 Å². The summed E-state index contributed by atoms with van der Waals surface area (Å²) in [4.78, 5) is 19.1. The first kappa shape index (κ1) is 13.9. The van der Waals surface area contributed by atoms with Crippen LogP contribution in [0, 0.1) is 0 Å². The number of nitrogens with one attached hydrogen (secondary N) is 2. The lowest BCUT2D eigenvalue weighted by atomic mass is 9.92. The Kier molecular flexibility index (Phi) is 3.88. The summed E-state index contributed by atoms with van der Waals surface area (Å²) in [5, 5.41) is 10.4. The predicted molar refractivity (Wildman–Crippen MR) is 76.8 cm³/mol. The molecule has 0 aliphatic heterocycles. The van der Waals surface area contributed by atoms with Crippen LogP contribution in [0.2, 0.25) is 0 Å². The Morgan fingerprint density at radius 3 is 2.65 bits per heavy atom. The highest BCUT2D eigenvalue weighted by molar-refractivity contribution is 5.79. The molecule has 0 radical (unpaired) electrons. The minimum absolute atomic E-state index is 0.258. The van der Waals surface area contributed by atoms with Gasteiger partial charge in [-0.05, 0) is 17.7 Å². The SMILES string of the molecule is CC(C)(C)c1n[nH]c(=O)nc1N/N=C/c1ccncc1. The molecule has 0 aliphatic carbocycles. The van der Waals surface area contributed by atoms with Gasteiger partial charge in [-0.15, -0.1) is 0 Å². The fourth-order valence-electron chi connectivity index (χ4n) is 1.55. The van der Waals surface area contributed by atoms with E-state index in [1.54, 1.807) is 18.6 Å². The van der Waals surface area contributed by atoms with Crippen LogP contribution in [0.15, 0.2) is 34.4 Å². The molecule has 0 fully saturated rings. The normalized spacial score (nSPS) is 11.8. The van der Waals surface area contributed by atoms with E-state index in [4.69, 9.17) is 0 Å². The molecule has 2 heterocycles. The zero-order chi connectivity index (χ0) is 14.6. The van der Waals surface area contributed by atoms with Gasteiger partial charge in [0.15, 0.2) is 5.82 Å². The van der Waals surface area contributed by atoms with Crippen molar-refractivity contribution < 1.29 is 0 Å². The van der Waals surface area contributed by atoms with Gasteiger partial charge in [-0.25, -0.2) is 9.89 Å². The van der Waals surface area contributed by atoms with Crippen molar-refractivity contribution in [1.29, 1.82) is 0 Å². The zero-order valence-electron chi connectivity index (χ0n) is 11.6. The molecule has 20 heavy (non-hydrogen) atoms. The van der Waals surface area contributed by atoms with Crippen LogP contribution in [0.3, 0.4) is 0 Å². The summed E-state index contributed by atoms with van der Waals surface area (Å²) in [6.07, 6.45) is 4.97. The fraction of sp³-hybridized carbons (Fsp3) is 0.308. The van der Waals surface area contributed by atoms with Gasteiger partial charge >= 0.3 is 5.69 Å². The molecule has 2 aromatic rings. The number of aromatic nitrogens is 4. The van der Waals surface area contributed by atoms with E-state index in [1.165, 1.54) is 0 Å². The Balaban J connectivity index is 2.23. The van der Waals surface area contributed by atoms with Gasteiger partial charge in [-0.3, -0.25) is 10.4 Å². The highest BCUT2D eigenvalue weighted by atomic mass is 16.1. The van der Waals surface area contributed by atoms with Gasteiger partial charge in [0.05, 0.1) is 6.21 Å². The average Bonchev–Trinajstić information content (AvgIpc) is 2.38. The van der Waals surface area contributed by atoms with Gasteiger partial charge in [-0.1, -0.05) is 20.8 Å². The van der Waals surface area contributed by atoms with Crippen molar-refractivity contribution in [3.63, 3.8) is 0 Å². The number of rotatable bonds is 3. The number of nitrogens with zero attached hydrogens (tertiary/aromatic N) is 4. The lowest BCUT2D eigenvalue weighted by Crippen LogP contribution is -2.24. The summed E-state index contributed by atoms with van der Waals surface area (Å²) in [6.45, 7) is 5.94. The Morgan fingerprint density at radius 2 is 2.00 bits per heavy atom. The van der Waals surface area contributed by atoms with Crippen molar-refractivity contribution in [3.8, 4) is 0 Å². The lowest BCUT2D eigenvalue weighted by Gasteiger charge is -2.18. The monoisotopic (exact) mass is 272 g/mol. The maximum Gasteiger partial charge on any atom is 0.363 e. The van der Waals surface area contributed by atoms with Gasteiger partial charge in [0.1, 0.15) is 5.69 Å². The number of hydrogen-bond acceptors (Lipinski definition) is 6. The quantitative estimate of drug-likeness (QED) is 0.648. The van der Waals surface area contributed by atoms with Gasteiger partial charge in [0.2, 0.25) is 0 Å². The molecular weight excluding hydrogens is 256 g/mol. The second-order valence-electron chi connectivity index (χ2n) is 5.24. The second-order valence-corrected chi connectivity index (χ2v) is 5.24. The second kappa shape index (κ2) is 5.60. The number of hydrazone groups is 1. The maximum absolute atomic E-state index is 11.3. The summed E-state index contributed by atoms with van der Waals surface area (Å²) in [6, 6.07) is 3.64. The number of aromatic amines is 1. The molecule has 0 aromatic carbocycles. The maximum atomic E-state index is 11.3. The number of hydrogen-bond donors (Lipinski definition) is 2. The third-order valence-electron chi connectivity index (χ3n) is 2.50. The van der Waals surface area contributed by atoms with Crippen LogP contribution in [-0.4, -0.2) is 26.4 Å². The van der Waals surface area contributed by atoms with Crippen LogP contribution in [0.4, 0.5) is 5.82 Å². The van der Waals surface area contributed by atoms with Crippen molar-refractivity contribution in [2.24, 2.45) is 5.10 Å². The third-order valence-corrected chi connectivity index (χ3v) is 2.50. The number of pyridine rings is 1. The van der Waals surface area contributed by atoms with E-state index in [-0.39, 0.29) is 5.41 Å². The Bertz CT molecular complexity index is 657. The first-order valence-electron chi connectivity index (χ1n) is 6.13. The lowest BCUT2D eigenvalue weighted by molar-refractivity contribution is 0.553. The average molecular weight is 272 g/mol. The molecule has 2 N–H and O–H groups in total. The predicted octanol–water partition coefficient (Wildman–Crippen LogP) is 1.30. The van der Waals surface area contributed by atoms with Gasteiger partial charge in [-0.2, -0.15) is 15.2 Å². The third kappa shape index (κ3) is 3.47. The minimum Gasteiger partial charge on any atom is -0.265 e. The van der Waals surface area contributed by atoms with E-state index in [1.807, 2.05) is 32.9 Å². The van der Waals surface area contributed by atoms with Crippen LogP contribution in [0.1, 0.15) is 32.0 Å². The Labute approximate surface area is 116 Å². The molecule has 0 saturated heterocycles. The minimum atomic E-state index is -0.514. The molecule has 0 bridgehead atoms. The summed E-state index contributed by atoms with van der Waals surface area (Å²) in [5.74, 6) is 0.353. The van der Waals surface area contributed by atoms with Crippen LogP contribution in [0.25, 0.3) is 0 Å². The fourth-order valence-corrected chi connectivity index (χ4v) is 1.55. The smallest absolute Gasteiger partial charge is 0.265 e. The highest BCUT2D eigenvalue weighted by Gasteiger charge is 2.21. The Hall–Kier alpha value is -2.57. The largest absolute Gasteiger partial charge is 0.363 e. The van der Waals surface area contributed by atoms with Gasteiger partial charge < -0.3 is 0 Å². The summed E-state index contributed by atoms with van der Waals surface area (Å²) < 4.78 is 0. The van der Waals surface area contributed by atoms with E-state index in [9.17, 15) is 4.79 Å². The van der Waals surface area contributed by atoms with Crippen LogP contribution in [-0.2, 0) is 5.41 Å². The first-order chi connectivity index (χ1) is 9.47. The van der Waals surface area contributed by atoms with Crippen LogP contribution >= 0.6 is 0 Å². The van der Waals surface area contributed by atoms with E-state index in [0.717, 1.165) is 5.56 Å². The molecule has 0 amide bonds. The topological polar surface area (TPSA) is 95.9 Å². The van der Waals surface area contributed by atoms with E-state index in [0.29, 0.717) is 11.5 Å². The summed E-state index contributed by atoms with van der Waals surface area (Å²) >= 11 is 0. The van der Waals surface area contributed by atoms with Gasteiger partial charge in [0, 0.05) is 17.8 Å². The molecular formula is C13H16N6O. The van der Waals surface area contributed by atoms with Crippen molar-refractivity contribution >= 4 is 12.0 Å². The molecule has 0 spiro atoms.